The van der Waals surface area contributed by atoms with Crippen molar-refractivity contribution in [2.75, 3.05) is 31.1 Å². The van der Waals surface area contributed by atoms with Gasteiger partial charge in [-0.15, -0.1) is 0 Å². The third-order valence-electron chi connectivity index (χ3n) is 5.81. The van der Waals surface area contributed by atoms with Crippen LogP contribution in [0.15, 0.2) is 36.5 Å². The minimum absolute atomic E-state index is 0.151. The van der Waals surface area contributed by atoms with Gasteiger partial charge in [-0.3, -0.25) is 4.98 Å². The average molecular weight is 395 g/mol. The van der Waals surface area contributed by atoms with Crippen molar-refractivity contribution in [3.63, 3.8) is 0 Å². The number of pyridine rings is 1. The summed E-state index contributed by atoms with van der Waals surface area (Å²) < 4.78 is 27.3. The second-order valence-electron chi connectivity index (χ2n) is 7.81. The van der Waals surface area contributed by atoms with Gasteiger partial charge < -0.3 is 10.2 Å². The maximum absolute atomic E-state index is 13.6. The zero-order valence-electron chi connectivity index (χ0n) is 16.2. The van der Waals surface area contributed by atoms with E-state index in [0.29, 0.717) is 5.95 Å². The number of hydrogen-bond donors (Lipinski definition) is 1. The predicted octanol–water partition coefficient (Wildman–Crippen LogP) is 3.62. The van der Waals surface area contributed by atoms with E-state index in [1.807, 2.05) is 35.4 Å². The predicted molar refractivity (Wildman–Crippen MR) is 109 cm³/mol. The van der Waals surface area contributed by atoms with Crippen molar-refractivity contribution in [1.82, 2.24) is 20.3 Å². The fourth-order valence-corrected chi connectivity index (χ4v) is 4.15. The van der Waals surface area contributed by atoms with Gasteiger partial charge in [0.1, 0.15) is 0 Å². The van der Waals surface area contributed by atoms with Crippen LogP contribution in [0.4, 0.5) is 14.7 Å². The molecule has 1 saturated heterocycles. The SMILES string of the molecule is FC1(F)CCN(c2nc3c(c(-c4cnc5ccccc5c4)n2)CCNCC3)CC1. The molecule has 2 aromatic heterocycles. The molecule has 4 heterocycles. The Bertz CT molecular complexity index is 1040. The van der Waals surface area contributed by atoms with Crippen LogP contribution < -0.4 is 10.2 Å². The van der Waals surface area contributed by atoms with Crippen LogP contribution in [-0.2, 0) is 12.8 Å². The largest absolute Gasteiger partial charge is 0.340 e. The molecule has 5 rings (SSSR count). The molecule has 0 atom stereocenters. The molecule has 1 fully saturated rings. The highest BCUT2D eigenvalue weighted by Crippen LogP contribution is 2.32. The highest BCUT2D eigenvalue weighted by molar-refractivity contribution is 5.83. The molecule has 2 aliphatic rings. The Morgan fingerprint density at radius 3 is 2.66 bits per heavy atom. The summed E-state index contributed by atoms with van der Waals surface area (Å²) in [5.74, 6) is -2.03. The first-order chi connectivity index (χ1) is 14.1. The first-order valence-corrected chi connectivity index (χ1v) is 10.2. The van der Waals surface area contributed by atoms with Crippen molar-refractivity contribution in [1.29, 1.82) is 0 Å². The lowest BCUT2D eigenvalue weighted by molar-refractivity contribution is -0.0222. The van der Waals surface area contributed by atoms with E-state index in [9.17, 15) is 8.78 Å². The smallest absolute Gasteiger partial charge is 0.251 e. The number of para-hydroxylation sites is 1. The molecule has 0 bridgehead atoms. The first-order valence-electron chi connectivity index (χ1n) is 10.2. The molecule has 5 nitrogen and oxygen atoms in total. The minimum atomic E-state index is -2.59. The Hall–Kier alpha value is -2.67. The molecule has 0 aliphatic carbocycles. The Balaban J connectivity index is 1.60. The maximum atomic E-state index is 13.6. The van der Waals surface area contributed by atoms with Crippen LogP contribution in [0.3, 0.4) is 0 Å². The standard InChI is InChI=1S/C22H23F2N5/c23-22(24)7-11-29(12-8-22)21-27-19-6-10-25-9-5-17(19)20(28-21)16-13-15-3-1-2-4-18(15)26-14-16/h1-4,13-14,25H,5-12H2. The van der Waals surface area contributed by atoms with Crippen LogP contribution in [0.25, 0.3) is 22.2 Å². The minimum Gasteiger partial charge on any atom is -0.340 e. The Morgan fingerprint density at radius 1 is 1.00 bits per heavy atom. The number of aromatic nitrogens is 3. The molecule has 150 valence electrons. The third-order valence-corrected chi connectivity index (χ3v) is 5.81. The van der Waals surface area contributed by atoms with Crippen molar-refractivity contribution in [3.8, 4) is 11.3 Å². The zero-order chi connectivity index (χ0) is 19.8. The van der Waals surface area contributed by atoms with Crippen LogP contribution in [0.5, 0.6) is 0 Å². The fraction of sp³-hybridized carbons (Fsp3) is 0.409. The van der Waals surface area contributed by atoms with E-state index in [-0.39, 0.29) is 25.9 Å². The first kappa shape index (κ1) is 18.4. The topological polar surface area (TPSA) is 53.9 Å². The number of halogens is 2. The van der Waals surface area contributed by atoms with Crippen LogP contribution >= 0.6 is 0 Å². The maximum Gasteiger partial charge on any atom is 0.251 e. The fourth-order valence-electron chi connectivity index (χ4n) is 4.15. The number of alkyl halides is 2. The van der Waals surface area contributed by atoms with Crippen LogP contribution in [-0.4, -0.2) is 47.1 Å². The van der Waals surface area contributed by atoms with Gasteiger partial charge in [-0.25, -0.2) is 18.7 Å². The molecule has 29 heavy (non-hydrogen) atoms. The number of piperidine rings is 1. The lowest BCUT2D eigenvalue weighted by Crippen LogP contribution is -2.40. The van der Waals surface area contributed by atoms with E-state index in [4.69, 9.17) is 9.97 Å². The number of rotatable bonds is 2. The number of hydrogen-bond acceptors (Lipinski definition) is 5. The molecule has 0 unspecified atom stereocenters. The lowest BCUT2D eigenvalue weighted by atomic mass is 10.0. The summed E-state index contributed by atoms with van der Waals surface area (Å²) in [6.45, 7) is 2.29. The quantitative estimate of drug-likeness (QED) is 0.718. The van der Waals surface area contributed by atoms with Crippen molar-refractivity contribution in [2.45, 2.75) is 31.6 Å². The van der Waals surface area contributed by atoms with Gasteiger partial charge in [0.25, 0.3) is 5.92 Å². The molecule has 0 radical (unpaired) electrons. The molecular formula is C22H23F2N5. The number of nitrogens with one attached hydrogen (secondary N) is 1. The Labute approximate surface area is 168 Å². The second kappa shape index (κ2) is 7.30. The second-order valence-corrected chi connectivity index (χ2v) is 7.81. The van der Waals surface area contributed by atoms with Crippen LogP contribution in [0, 0.1) is 0 Å². The van der Waals surface area contributed by atoms with Gasteiger partial charge in [0, 0.05) is 61.6 Å². The normalized spacial score (nSPS) is 19.0. The molecule has 2 aliphatic heterocycles. The number of benzene rings is 1. The van der Waals surface area contributed by atoms with Crippen LogP contribution in [0.1, 0.15) is 24.1 Å². The van der Waals surface area contributed by atoms with Crippen LogP contribution in [0.2, 0.25) is 0 Å². The summed E-state index contributed by atoms with van der Waals surface area (Å²) in [4.78, 5) is 16.2. The van der Waals surface area contributed by atoms with E-state index < -0.39 is 5.92 Å². The van der Waals surface area contributed by atoms with Crippen molar-refractivity contribution in [3.05, 3.63) is 47.8 Å². The molecule has 0 saturated carbocycles. The summed E-state index contributed by atoms with van der Waals surface area (Å²) in [5, 5.41) is 4.47. The number of fused-ring (bicyclic) bond motifs is 2. The lowest BCUT2D eigenvalue weighted by Gasteiger charge is -2.32. The van der Waals surface area contributed by atoms with Gasteiger partial charge in [0.05, 0.1) is 16.9 Å². The van der Waals surface area contributed by atoms with Crippen molar-refractivity contribution in [2.24, 2.45) is 0 Å². The van der Waals surface area contributed by atoms with E-state index in [2.05, 4.69) is 16.4 Å². The van der Waals surface area contributed by atoms with Crippen molar-refractivity contribution < 1.29 is 8.78 Å². The third kappa shape index (κ3) is 3.67. The van der Waals surface area contributed by atoms with E-state index >= 15 is 0 Å². The monoisotopic (exact) mass is 395 g/mol. The van der Waals surface area contributed by atoms with Gasteiger partial charge in [-0.05, 0) is 25.1 Å². The number of nitrogens with zero attached hydrogens (tertiary/aromatic N) is 4. The van der Waals surface area contributed by atoms with E-state index in [1.54, 1.807) is 0 Å². The van der Waals surface area contributed by atoms with E-state index in [0.717, 1.165) is 59.3 Å². The van der Waals surface area contributed by atoms with Gasteiger partial charge in [0.15, 0.2) is 0 Å². The average Bonchev–Trinajstić information content (AvgIpc) is 2.98. The highest BCUT2D eigenvalue weighted by atomic mass is 19.3. The number of anilines is 1. The summed E-state index contributed by atoms with van der Waals surface area (Å²) in [7, 11) is 0. The molecule has 1 aromatic carbocycles. The molecule has 1 N–H and O–H groups in total. The highest BCUT2D eigenvalue weighted by Gasteiger charge is 2.35. The van der Waals surface area contributed by atoms with Crippen molar-refractivity contribution >= 4 is 16.9 Å². The van der Waals surface area contributed by atoms with Gasteiger partial charge in [-0.2, -0.15) is 0 Å². The summed E-state index contributed by atoms with van der Waals surface area (Å²) in [5.41, 5.74) is 4.92. The zero-order valence-corrected chi connectivity index (χ0v) is 16.2. The molecule has 3 aromatic rings. The van der Waals surface area contributed by atoms with Gasteiger partial charge >= 0.3 is 0 Å². The summed E-state index contributed by atoms with van der Waals surface area (Å²) in [6.07, 6.45) is 3.21. The molecule has 0 amide bonds. The summed E-state index contributed by atoms with van der Waals surface area (Å²) in [6, 6.07) is 10.1. The summed E-state index contributed by atoms with van der Waals surface area (Å²) >= 11 is 0. The molecule has 0 spiro atoms. The molecular weight excluding hydrogens is 372 g/mol. The van der Waals surface area contributed by atoms with Gasteiger partial charge in [0.2, 0.25) is 5.95 Å². The van der Waals surface area contributed by atoms with E-state index in [1.165, 1.54) is 0 Å². The Kier molecular flexibility index (Phi) is 4.62. The Morgan fingerprint density at radius 2 is 1.79 bits per heavy atom. The van der Waals surface area contributed by atoms with Gasteiger partial charge in [-0.1, -0.05) is 18.2 Å². The molecule has 7 heteroatoms.